The molecule has 2 N–H and O–H groups in total. The molecule has 0 aromatic rings. The van der Waals surface area contributed by atoms with Gasteiger partial charge in [0.05, 0.1) is 0 Å². The topological polar surface area (TPSA) is 77.8 Å². The third-order valence-electron chi connectivity index (χ3n) is 3.73. The number of hydrogen-bond donors (Lipinski definition) is 2. The number of unbranched alkanes of at least 4 members (excludes halogenated alkanes) is 9. The van der Waals surface area contributed by atoms with E-state index in [4.69, 9.17) is 17.5 Å². The Balaban J connectivity index is 0. The summed E-state index contributed by atoms with van der Waals surface area (Å²) in [6.07, 6.45) is 15.9. The molecule has 0 amide bonds. The van der Waals surface area contributed by atoms with Gasteiger partial charge in [0.1, 0.15) is 0 Å². The summed E-state index contributed by atoms with van der Waals surface area (Å²) in [5, 5.41) is 0. The molecule has 0 spiro atoms. The summed E-state index contributed by atoms with van der Waals surface area (Å²) in [5.74, 6) is 0.869. The molecule has 0 aliphatic carbocycles. The summed E-state index contributed by atoms with van der Waals surface area (Å²) in [4.78, 5) is 2.31. The zero-order chi connectivity index (χ0) is 18.1. The first-order valence-corrected chi connectivity index (χ1v) is 10.4. The summed E-state index contributed by atoms with van der Waals surface area (Å²) in [6, 6.07) is 0. The van der Waals surface area contributed by atoms with Crippen LogP contribution < -0.4 is 0 Å². The fourth-order valence-corrected chi connectivity index (χ4v) is 2.69. The number of hydrogen-bond acceptors (Lipinski definition) is 3. The van der Waals surface area contributed by atoms with Crippen molar-refractivity contribution >= 4 is 10.4 Å². The molecule has 0 saturated carbocycles. The molecule has 1 unspecified atom stereocenters. The Morgan fingerprint density at radius 1 is 0.826 bits per heavy atom. The van der Waals surface area contributed by atoms with E-state index in [9.17, 15) is 0 Å². The Hall–Kier alpha value is -0.170. The minimum atomic E-state index is -4.67. The minimum Gasteiger partial charge on any atom is -0.309 e. The van der Waals surface area contributed by atoms with Gasteiger partial charge in [-0.2, -0.15) is 8.42 Å². The van der Waals surface area contributed by atoms with Crippen molar-refractivity contribution in [2.24, 2.45) is 5.92 Å². The normalized spacial score (nSPS) is 12.8. The van der Waals surface area contributed by atoms with Crippen molar-refractivity contribution in [3.05, 3.63) is 0 Å². The monoisotopic (exact) mass is 353 g/mol. The van der Waals surface area contributed by atoms with Gasteiger partial charge in [-0.1, -0.05) is 78.1 Å². The fourth-order valence-electron chi connectivity index (χ4n) is 2.69. The minimum absolute atomic E-state index is 0.869. The van der Waals surface area contributed by atoms with Gasteiger partial charge in [-0.15, -0.1) is 0 Å². The van der Waals surface area contributed by atoms with Crippen molar-refractivity contribution in [1.29, 1.82) is 0 Å². The first-order valence-electron chi connectivity index (χ1n) is 9.01. The molecule has 6 heteroatoms. The first kappa shape index (κ1) is 25.1. The Bertz CT molecular complexity index is 323. The van der Waals surface area contributed by atoms with Crippen LogP contribution in [0.25, 0.3) is 0 Å². The average Bonchev–Trinajstić information content (AvgIpc) is 2.38. The highest BCUT2D eigenvalue weighted by atomic mass is 32.3. The molecule has 0 saturated heterocycles. The lowest BCUT2D eigenvalue weighted by atomic mass is 10.0. The van der Waals surface area contributed by atoms with Gasteiger partial charge in [0.15, 0.2) is 0 Å². The van der Waals surface area contributed by atoms with E-state index in [1.807, 2.05) is 0 Å². The predicted molar refractivity (Wildman–Crippen MR) is 98.4 cm³/mol. The maximum Gasteiger partial charge on any atom is 0.394 e. The van der Waals surface area contributed by atoms with Crippen molar-refractivity contribution in [3.63, 3.8) is 0 Å². The van der Waals surface area contributed by atoms with Crippen LogP contribution in [-0.4, -0.2) is 43.1 Å². The van der Waals surface area contributed by atoms with Crippen LogP contribution in [0.4, 0.5) is 0 Å². The van der Waals surface area contributed by atoms with Gasteiger partial charge in [0.2, 0.25) is 0 Å². The van der Waals surface area contributed by atoms with Crippen LogP contribution in [0.2, 0.25) is 0 Å². The second kappa shape index (κ2) is 16.7. The van der Waals surface area contributed by atoms with Crippen LogP contribution in [0.15, 0.2) is 0 Å². The van der Waals surface area contributed by atoms with Gasteiger partial charge in [-0.25, -0.2) is 0 Å². The van der Waals surface area contributed by atoms with Gasteiger partial charge < -0.3 is 4.90 Å². The van der Waals surface area contributed by atoms with Crippen LogP contribution in [-0.2, 0) is 10.4 Å². The van der Waals surface area contributed by atoms with Crippen LogP contribution in [0.5, 0.6) is 0 Å². The molecule has 1 atom stereocenters. The van der Waals surface area contributed by atoms with Crippen LogP contribution in [0, 0.1) is 5.92 Å². The SMILES string of the molecule is CCCCCCCCCCCCC(C)CN(C)C.O=S(=O)(O)O. The zero-order valence-electron chi connectivity index (χ0n) is 15.6. The smallest absolute Gasteiger partial charge is 0.309 e. The van der Waals surface area contributed by atoms with Crippen LogP contribution >= 0.6 is 0 Å². The third kappa shape index (κ3) is 34.3. The van der Waals surface area contributed by atoms with E-state index in [0.29, 0.717) is 0 Å². The molecule has 0 bridgehead atoms. The van der Waals surface area contributed by atoms with Crippen molar-refractivity contribution in [2.75, 3.05) is 20.6 Å². The lowest BCUT2D eigenvalue weighted by Gasteiger charge is -2.16. The third-order valence-corrected chi connectivity index (χ3v) is 3.73. The molecule has 0 aromatic carbocycles. The van der Waals surface area contributed by atoms with E-state index in [-0.39, 0.29) is 0 Å². The second-order valence-corrected chi connectivity index (χ2v) is 7.68. The predicted octanol–water partition coefficient (Wildman–Crippen LogP) is 4.84. The molecule has 0 aromatic heterocycles. The molecule has 0 fully saturated rings. The Labute approximate surface area is 144 Å². The van der Waals surface area contributed by atoms with Crippen molar-refractivity contribution in [3.8, 4) is 0 Å². The van der Waals surface area contributed by atoms with E-state index < -0.39 is 10.4 Å². The molecule has 0 heterocycles. The molecule has 0 aliphatic heterocycles. The Morgan fingerprint density at radius 2 is 1.17 bits per heavy atom. The van der Waals surface area contributed by atoms with Crippen LogP contribution in [0.1, 0.15) is 84.5 Å². The largest absolute Gasteiger partial charge is 0.394 e. The van der Waals surface area contributed by atoms with E-state index in [1.165, 1.54) is 77.2 Å². The summed E-state index contributed by atoms with van der Waals surface area (Å²) in [5.41, 5.74) is 0. The van der Waals surface area contributed by atoms with Crippen molar-refractivity contribution < 1.29 is 17.5 Å². The molecule has 0 rings (SSSR count). The average molecular weight is 354 g/mol. The Kier molecular flexibility index (Phi) is 18.2. The maximum atomic E-state index is 8.74. The highest BCUT2D eigenvalue weighted by molar-refractivity contribution is 7.79. The molecular formula is C17H39NO4S. The van der Waals surface area contributed by atoms with E-state index in [0.717, 1.165) is 5.92 Å². The van der Waals surface area contributed by atoms with Gasteiger partial charge in [0, 0.05) is 6.54 Å². The summed E-state index contributed by atoms with van der Waals surface area (Å²) < 4.78 is 31.6. The van der Waals surface area contributed by atoms with Crippen LogP contribution in [0.3, 0.4) is 0 Å². The molecule has 5 nitrogen and oxygen atoms in total. The maximum absolute atomic E-state index is 8.74. The Morgan fingerprint density at radius 3 is 1.52 bits per heavy atom. The zero-order valence-corrected chi connectivity index (χ0v) is 16.4. The standard InChI is InChI=1S/C17H37N.H2O4S/c1-5-6-7-8-9-10-11-12-13-14-15-17(2)16-18(3)4;1-5(2,3)4/h17H,5-16H2,1-4H3;(H2,1,2,3,4). The lowest BCUT2D eigenvalue weighted by molar-refractivity contribution is 0.321. The molecule has 23 heavy (non-hydrogen) atoms. The second-order valence-electron chi connectivity index (χ2n) is 6.79. The lowest BCUT2D eigenvalue weighted by Crippen LogP contribution is -2.19. The van der Waals surface area contributed by atoms with E-state index >= 15 is 0 Å². The summed E-state index contributed by atoms with van der Waals surface area (Å²) in [6.45, 7) is 5.92. The summed E-state index contributed by atoms with van der Waals surface area (Å²) in [7, 11) is -0.315. The highest BCUT2D eigenvalue weighted by Crippen LogP contribution is 2.14. The number of nitrogens with zero attached hydrogens (tertiary/aromatic N) is 1. The fraction of sp³-hybridized carbons (Fsp3) is 1.00. The number of rotatable bonds is 13. The quantitative estimate of drug-likeness (QED) is 0.366. The first-order chi connectivity index (χ1) is 10.7. The molecule has 0 radical (unpaired) electrons. The van der Waals surface area contributed by atoms with Gasteiger partial charge in [-0.05, 0) is 26.4 Å². The molecule has 0 aliphatic rings. The summed E-state index contributed by atoms with van der Waals surface area (Å²) >= 11 is 0. The van der Waals surface area contributed by atoms with Gasteiger partial charge in [-0.3, -0.25) is 9.11 Å². The molecule has 142 valence electrons. The highest BCUT2D eigenvalue weighted by Gasteiger charge is 2.02. The van der Waals surface area contributed by atoms with E-state index in [1.54, 1.807) is 0 Å². The van der Waals surface area contributed by atoms with Crippen molar-refractivity contribution in [1.82, 2.24) is 4.90 Å². The van der Waals surface area contributed by atoms with E-state index in [2.05, 4.69) is 32.8 Å². The van der Waals surface area contributed by atoms with Gasteiger partial charge in [0.25, 0.3) is 0 Å². The molecular weight excluding hydrogens is 314 g/mol. The van der Waals surface area contributed by atoms with Crippen molar-refractivity contribution in [2.45, 2.75) is 84.5 Å². The van der Waals surface area contributed by atoms with Gasteiger partial charge >= 0.3 is 10.4 Å².